The zero-order valence-corrected chi connectivity index (χ0v) is 15.6. The van der Waals surface area contributed by atoms with Crippen molar-refractivity contribution in [1.29, 1.82) is 0 Å². The van der Waals surface area contributed by atoms with Crippen molar-refractivity contribution in [2.75, 3.05) is 14.2 Å². The van der Waals surface area contributed by atoms with Gasteiger partial charge in [-0.2, -0.15) is 0 Å². The molecule has 2 fully saturated rings. The second-order valence-corrected chi connectivity index (χ2v) is 7.85. The summed E-state index contributed by atoms with van der Waals surface area (Å²) >= 11 is 0. The first-order chi connectivity index (χ1) is 12.2. The Bertz CT molecular complexity index is 739. The number of methoxy groups -OCH3 is 2. The van der Waals surface area contributed by atoms with Crippen LogP contribution in [0.5, 0.6) is 11.5 Å². The van der Waals surface area contributed by atoms with Gasteiger partial charge in [0.1, 0.15) is 11.5 Å². The summed E-state index contributed by atoms with van der Waals surface area (Å²) in [4.78, 5) is 0. The Morgan fingerprint density at radius 2 is 1.48 bits per heavy atom. The zero-order valence-electron chi connectivity index (χ0n) is 15.6. The van der Waals surface area contributed by atoms with Crippen molar-refractivity contribution < 1.29 is 9.47 Å². The number of fused-ring (bicyclic) bond motifs is 2. The Hall–Kier alpha value is -1.96. The van der Waals surface area contributed by atoms with Crippen molar-refractivity contribution in [2.45, 2.75) is 32.1 Å². The summed E-state index contributed by atoms with van der Waals surface area (Å²) in [5.74, 6) is 5.99. The Kier molecular flexibility index (Phi) is 4.23. The van der Waals surface area contributed by atoms with E-state index in [1.54, 1.807) is 14.2 Å². The molecule has 2 heteroatoms. The molecular weight excluding hydrogens is 308 g/mol. The SMILES string of the molecule is COc1ccc(C2C3CC(C(C)C3C)C2c2ccccc2)c(OC)c1. The molecule has 2 aromatic rings. The molecule has 6 unspecified atom stereocenters. The van der Waals surface area contributed by atoms with Gasteiger partial charge in [0.2, 0.25) is 0 Å². The molecule has 0 radical (unpaired) electrons. The first-order valence-electron chi connectivity index (χ1n) is 9.42. The fourth-order valence-electron chi connectivity index (χ4n) is 5.65. The Morgan fingerprint density at radius 1 is 0.800 bits per heavy atom. The van der Waals surface area contributed by atoms with Gasteiger partial charge in [0.15, 0.2) is 0 Å². The van der Waals surface area contributed by atoms with E-state index in [2.05, 4.69) is 56.3 Å². The van der Waals surface area contributed by atoms with Crippen molar-refractivity contribution in [3.63, 3.8) is 0 Å². The fraction of sp³-hybridized carbons (Fsp3) is 0.478. The summed E-state index contributed by atoms with van der Waals surface area (Å²) in [5.41, 5.74) is 2.83. The van der Waals surface area contributed by atoms with Crippen molar-refractivity contribution in [3.05, 3.63) is 59.7 Å². The van der Waals surface area contributed by atoms with E-state index in [0.29, 0.717) is 11.8 Å². The largest absolute Gasteiger partial charge is 0.497 e. The third kappa shape index (κ3) is 2.54. The molecule has 2 nitrogen and oxygen atoms in total. The quantitative estimate of drug-likeness (QED) is 0.734. The molecule has 0 aliphatic heterocycles. The van der Waals surface area contributed by atoms with Gasteiger partial charge in [-0.3, -0.25) is 0 Å². The molecular formula is C23H28O2. The Labute approximate surface area is 151 Å². The first-order valence-corrected chi connectivity index (χ1v) is 9.42. The fourth-order valence-corrected chi connectivity index (χ4v) is 5.65. The Morgan fingerprint density at radius 3 is 2.12 bits per heavy atom. The predicted octanol–water partition coefficient (Wildman–Crippen LogP) is 5.49. The molecule has 2 saturated carbocycles. The molecule has 2 aliphatic rings. The predicted molar refractivity (Wildman–Crippen MR) is 101 cm³/mol. The molecule has 25 heavy (non-hydrogen) atoms. The maximum Gasteiger partial charge on any atom is 0.126 e. The van der Waals surface area contributed by atoms with E-state index in [1.807, 2.05) is 6.07 Å². The van der Waals surface area contributed by atoms with Crippen LogP contribution in [0.3, 0.4) is 0 Å². The average molecular weight is 336 g/mol. The van der Waals surface area contributed by atoms with Gasteiger partial charge >= 0.3 is 0 Å². The molecule has 0 heterocycles. The van der Waals surface area contributed by atoms with Crippen LogP contribution in [0.4, 0.5) is 0 Å². The highest BCUT2D eigenvalue weighted by atomic mass is 16.5. The average Bonchev–Trinajstić information content (AvgIpc) is 3.18. The number of hydrogen-bond acceptors (Lipinski definition) is 2. The van der Waals surface area contributed by atoms with E-state index in [1.165, 1.54) is 17.5 Å². The van der Waals surface area contributed by atoms with Crippen LogP contribution in [-0.2, 0) is 0 Å². The Balaban J connectivity index is 1.81. The van der Waals surface area contributed by atoms with Gasteiger partial charge in [-0.15, -0.1) is 0 Å². The summed E-state index contributed by atoms with van der Waals surface area (Å²) < 4.78 is 11.2. The highest BCUT2D eigenvalue weighted by molar-refractivity contribution is 5.46. The molecule has 0 amide bonds. The lowest BCUT2D eigenvalue weighted by Crippen LogP contribution is -2.30. The first kappa shape index (κ1) is 16.5. The van der Waals surface area contributed by atoms with E-state index in [4.69, 9.17) is 9.47 Å². The lowest BCUT2D eigenvalue weighted by Gasteiger charge is -2.39. The summed E-state index contributed by atoms with van der Waals surface area (Å²) in [5, 5.41) is 0. The van der Waals surface area contributed by atoms with Crippen LogP contribution in [0.1, 0.15) is 43.2 Å². The van der Waals surface area contributed by atoms with Crippen LogP contribution < -0.4 is 9.47 Å². The third-order valence-electron chi connectivity index (χ3n) is 7.02. The lowest BCUT2D eigenvalue weighted by molar-refractivity contribution is 0.202. The third-order valence-corrected chi connectivity index (χ3v) is 7.02. The van der Waals surface area contributed by atoms with Crippen LogP contribution in [0.2, 0.25) is 0 Å². The van der Waals surface area contributed by atoms with E-state index < -0.39 is 0 Å². The minimum Gasteiger partial charge on any atom is -0.497 e. The topological polar surface area (TPSA) is 18.5 Å². The molecule has 0 saturated heterocycles. The summed E-state index contributed by atoms with van der Waals surface area (Å²) in [6, 6.07) is 17.5. The van der Waals surface area contributed by atoms with E-state index in [-0.39, 0.29) is 0 Å². The second kappa shape index (κ2) is 6.40. The van der Waals surface area contributed by atoms with Gasteiger partial charge in [-0.05, 0) is 59.1 Å². The van der Waals surface area contributed by atoms with Crippen LogP contribution in [-0.4, -0.2) is 14.2 Å². The standard InChI is InChI=1S/C23H28O2/c1-14-15(2)20-13-19(14)22(16-8-6-5-7-9-16)23(20)18-11-10-17(24-3)12-21(18)25-4/h5-12,14-15,19-20,22-23H,13H2,1-4H3. The molecule has 6 atom stereocenters. The van der Waals surface area contributed by atoms with Gasteiger partial charge in [-0.1, -0.05) is 50.2 Å². The van der Waals surface area contributed by atoms with Gasteiger partial charge in [0, 0.05) is 6.07 Å². The highest BCUT2D eigenvalue weighted by Gasteiger charge is 2.55. The van der Waals surface area contributed by atoms with Gasteiger partial charge in [-0.25, -0.2) is 0 Å². The van der Waals surface area contributed by atoms with Crippen LogP contribution >= 0.6 is 0 Å². The molecule has 4 rings (SSSR count). The summed E-state index contributed by atoms with van der Waals surface area (Å²) in [6.45, 7) is 4.90. The highest BCUT2D eigenvalue weighted by Crippen LogP contribution is 2.65. The number of rotatable bonds is 4. The number of benzene rings is 2. The minimum absolute atomic E-state index is 0.527. The van der Waals surface area contributed by atoms with Crippen molar-refractivity contribution in [1.82, 2.24) is 0 Å². The normalized spacial score (nSPS) is 33.4. The van der Waals surface area contributed by atoms with E-state index in [9.17, 15) is 0 Å². The second-order valence-electron chi connectivity index (χ2n) is 7.85. The molecule has 2 bridgehead atoms. The minimum atomic E-state index is 0.527. The smallest absolute Gasteiger partial charge is 0.126 e. The van der Waals surface area contributed by atoms with Crippen molar-refractivity contribution >= 4 is 0 Å². The molecule has 132 valence electrons. The molecule has 0 aromatic heterocycles. The summed E-state index contributed by atoms with van der Waals surface area (Å²) in [7, 11) is 3.48. The van der Waals surface area contributed by atoms with Gasteiger partial charge in [0.05, 0.1) is 14.2 Å². The number of ether oxygens (including phenoxy) is 2. The van der Waals surface area contributed by atoms with Crippen molar-refractivity contribution in [2.24, 2.45) is 23.7 Å². The van der Waals surface area contributed by atoms with Gasteiger partial charge in [0.25, 0.3) is 0 Å². The number of hydrogen-bond donors (Lipinski definition) is 0. The monoisotopic (exact) mass is 336 g/mol. The lowest BCUT2D eigenvalue weighted by atomic mass is 9.65. The zero-order chi connectivity index (χ0) is 17.6. The van der Waals surface area contributed by atoms with E-state index >= 15 is 0 Å². The summed E-state index contributed by atoms with van der Waals surface area (Å²) in [6.07, 6.45) is 1.34. The van der Waals surface area contributed by atoms with Crippen molar-refractivity contribution in [3.8, 4) is 11.5 Å². The molecule has 0 spiro atoms. The van der Waals surface area contributed by atoms with Crippen LogP contribution in [0.15, 0.2) is 48.5 Å². The molecule has 2 aromatic carbocycles. The maximum atomic E-state index is 5.77. The molecule has 2 aliphatic carbocycles. The molecule has 0 N–H and O–H groups in total. The maximum absolute atomic E-state index is 5.77. The van der Waals surface area contributed by atoms with Gasteiger partial charge < -0.3 is 9.47 Å². The van der Waals surface area contributed by atoms with Crippen LogP contribution in [0.25, 0.3) is 0 Å². The van der Waals surface area contributed by atoms with Crippen LogP contribution in [0, 0.1) is 23.7 Å². The van der Waals surface area contributed by atoms with E-state index in [0.717, 1.165) is 35.2 Å².